The third-order valence-corrected chi connectivity index (χ3v) is 9.34. The number of anilines is 1. The number of hydrogen-bond donors (Lipinski definition) is 8. The molecule has 0 saturated heterocycles. The number of aromatic nitrogens is 7. The van der Waals surface area contributed by atoms with Crippen LogP contribution in [-0.4, -0.2) is 121 Å². The normalized spacial score (nSPS) is 13.4. The summed E-state index contributed by atoms with van der Waals surface area (Å²) in [6, 6.07) is 3.53. The van der Waals surface area contributed by atoms with Crippen LogP contribution in [0.5, 0.6) is 0 Å². The van der Waals surface area contributed by atoms with Crippen molar-refractivity contribution in [3.8, 4) is 11.5 Å². The first-order valence-electron chi connectivity index (χ1n) is 14.8. The zero-order chi connectivity index (χ0) is 36.2. The molecule has 2 aliphatic heterocycles. The number of H-pyrrole nitrogens is 1. The van der Waals surface area contributed by atoms with E-state index in [0.29, 0.717) is 35.6 Å². The van der Waals surface area contributed by atoms with E-state index in [1.807, 2.05) is 30.8 Å². The number of aliphatic hydroxyl groups excluding tert-OH is 4. The Kier molecular flexibility index (Phi) is 14.4. The van der Waals surface area contributed by atoms with Gasteiger partial charge in [0.1, 0.15) is 30.0 Å². The SMILES string of the molecule is Cc1cc2nc3c(=O)[nH]c(=O)nc-3n(C[C@H](O)[C@H](O)[C@H](O)CO)c2cc1C.Cc1ncc(C[n+]2csc(CCOP(=O)(O)O)c2C)c(N)n1.[NaH]. The van der Waals surface area contributed by atoms with Gasteiger partial charge in [-0.2, -0.15) is 9.55 Å². The van der Waals surface area contributed by atoms with Gasteiger partial charge in [-0.1, -0.05) is 11.3 Å². The van der Waals surface area contributed by atoms with Gasteiger partial charge >= 0.3 is 43.1 Å². The fraction of sp³-hybridized carbons (Fsp3) is 0.414. The number of nitrogens with zero attached hydrogens (tertiary/aromatic N) is 6. The molecule has 9 N–H and O–H groups in total. The van der Waals surface area contributed by atoms with Crippen molar-refractivity contribution in [2.45, 2.75) is 65.5 Å². The first-order valence-corrected chi connectivity index (χ1v) is 17.2. The quantitative estimate of drug-likeness (QED) is 0.0326. The molecule has 2 aliphatic rings. The Morgan fingerprint density at radius 2 is 1.74 bits per heavy atom. The predicted octanol–water partition coefficient (Wildman–Crippen LogP) is -1.65. The van der Waals surface area contributed by atoms with Crippen LogP contribution in [0.4, 0.5) is 5.82 Å². The van der Waals surface area contributed by atoms with Crippen LogP contribution in [0, 0.1) is 27.7 Å². The average molecular weight is 746 g/mol. The molecule has 50 heavy (non-hydrogen) atoms. The van der Waals surface area contributed by atoms with Gasteiger partial charge in [-0.15, -0.1) is 0 Å². The fourth-order valence-corrected chi connectivity index (χ4v) is 6.12. The maximum absolute atomic E-state index is 12.2. The van der Waals surface area contributed by atoms with Crippen molar-refractivity contribution in [3.63, 3.8) is 0 Å². The van der Waals surface area contributed by atoms with E-state index in [1.54, 1.807) is 25.3 Å². The zero-order valence-corrected chi connectivity index (χ0v) is 28.7. The van der Waals surface area contributed by atoms with E-state index in [9.17, 15) is 29.5 Å². The number of thiazole rings is 1. The van der Waals surface area contributed by atoms with Crippen LogP contribution in [0.3, 0.4) is 0 Å². The molecule has 0 fully saturated rings. The summed E-state index contributed by atoms with van der Waals surface area (Å²) in [5, 5.41) is 38.8. The molecule has 21 heteroatoms. The van der Waals surface area contributed by atoms with Gasteiger partial charge in [0.25, 0.3) is 5.56 Å². The number of nitrogen functional groups attached to an aromatic ring is 1. The van der Waals surface area contributed by atoms with Crippen LogP contribution in [0.2, 0.25) is 0 Å². The second-order valence-electron chi connectivity index (χ2n) is 11.3. The second kappa shape index (κ2) is 17.5. The van der Waals surface area contributed by atoms with Gasteiger partial charge in [0, 0.05) is 19.5 Å². The second-order valence-corrected chi connectivity index (χ2v) is 13.4. The first kappa shape index (κ1) is 41.4. The maximum atomic E-state index is 12.2. The van der Waals surface area contributed by atoms with E-state index in [0.717, 1.165) is 27.3 Å². The molecule has 2 aromatic heterocycles. The van der Waals surface area contributed by atoms with E-state index < -0.39 is 44.0 Å². The summed E-state index contributed by atoms with van der Waals surface area (Å²) in [4.78, 5) is 60.6. The Morgan fingerprint density at radius 3 is 2.38 bits per heavy atom. The van der Waals surface area contributed by atoms with Crippen molar-refractivity contribution in [1.29, 1.82) is 0 Å². The Bertz CT molecular complexity index is 2090. The van der Waals surface area contributed by atoms with Crippen molar-refractivity contribution in [2.75, 3.05) is 18.9 Å². The molecular weight excluding hydrogens is 706 g/mol. The van der Waals surface area contributed by atoms with Crippen molar-refractivity contribution in [1.82, 2.24) is 29.5 Å². The third kappa shape index (κ3) is 10.3. The number of aromatic amines is 1. The number of rotatable bonds is 11. The summed E-state index contributed by atoms with van der Waals surface area (Å²) in [5.74, 6) is 1.03. The fourth-order valence-electron chi connectivity index (χ4n) is 4.82. The molecule has 0 amide bonds. The van der Waals surface area contributed by atoms with Crippen molar-refractivity contribution in [2.24, 2.45) is 0 Å². The minimum absolute atomic E-state index is 0. The molecular formula is C29H39N8NaO10PS+. The molecule has 0 saturated carbocycles. The summed E-state index contributed by atoms with van der Waals surface area (Å²) in [7, 11) is -4.41. The Labute approximate surface area is 311 Å². The Hall–Kier alpha value is -3.04. The van der Waals surface area contributed by atoms with Gasteiger partial charge in [-0.25, -0.2) is 24.3 Å². The molecule has 18 nitrogen and oxygen atoms in total. The molecule has 5 rings (SSSR count). The van der Waals surface area contributed by atoms with Crippen LogP contribution < -0.4 is 21.5 Å². The molecule has 0 radical (unpaired) electrons. The Balaban J connectivity index is 0.000000271. The molecule has 4 heterocycles. The van der Waals surface area contributed by atoms with E-state index in [1.165, 1.54) is 15.9 Å². The molecule has 0 aliphatic carbocycles. The molecule has 0 unspecified atom stereocenters. The summed E-state index contributed by atoms with van der Waals surface area (Å²) in [6.45, 7) is 6.97. The summed E-state index contributed by atoms with van der Waals surface area (Å²) in [6.07, 6.45) is -2.53. The number of aliphatic hydroxyl groups is 4. The van der Waals surface area contributed by atoms with Crippen LogP contribution in [0.1, 0.15) is 33.1 Å². The topological polar surface area (TPSA) is 284 Å². The van der Waals surface area contributed by atoms with Gasteiger partial charge < -0.3 is 40.5 Å². The third-order valence-electron chi connectivity index (χ3n) is 7.67. The average Bonchev–Trinajstić information content (AvgIpc) is 3.36. The van der Waals surface area contributed by atoms with E-state index in [2.05, 4.69) is 29.4 Å². The number of aryl methyl sites for hydroxylation is 3. The molecule has 0 bridgehead atoms. The summed E-state index contributed by atoms with van der Waals surface area (Å²) < 4.78 is 18.5. The van der Waals surface area contributed by atoms with Crippen LogP contribution >= 0.6 is 19.2 Å². The Morgan fingerprint density at radius 1 is 1.06 bits per heavy atom. The molecule has 0 spiro atoms. The minimum atomic E-state index is -4.41. The van der Waals surface area contributed by atoms with Crippen LogP contribution in [0.15, 0.2) is 33.4 Å². The number of nitrogens with one attached hydrogen (secondary N) is 1. The zero-order valence-electron chi connectivity index (χ0n) is 27.0. The van der Waals surface area contributed by atoms with Crippen molar-refractivity contribution in [3.05, 3.63) is 77.8 Å². The van der Waals surface area contributed by atoms with Gasteiger partial charge in [-0.3, -0.25) is 14.3 Å². The van der Waals surface area contributed by atoms with E-state index >= 15 is 0 Å². The molecule has 3 aromatic rings. The van der Waals surface area contributed by atoms with Gasteiger partial charge in [0.15, 0.2) is 23.8 Å². The van der Waals surface area contributed by atoms with Crippen molar-refractivity contribution >= 4 is 65.6 Å². The molecule has 266 valence electrons. The molecule has 1 aromatic carbocycles. The van der Waals surface area contributed by atoms with Crippen LogP contribution in [0.25, 0.3) is 22.6 Å². The number of benzene rings is 1. The van der Waals surface area contributed by atoms with E-state index in [-0.39, 0.29) is 54.2 Å². The monoisotopic (exact) mass is 745 g/mol. The first-order chi connectivity index (χ1) is 23.0. The predicted molar refractivity (Wildman–Crippen MR) is 184 cm³/mol. The van der Waals surface area contributed by atoms with Gasteiger partial charge in [0.2, 0.25) is 5.51 Å². The number of fused-ring (bicyclic) bond motifs is 2. The summed E-state index contributed by atoms with van der Waals surface area (Å²) in [5.41, 5.74) is 10.8. The van der Waals surface area contributed by atoms with Gasteiger partial charge in [0.05, 0.1) is 41.2 Å². The van der Waals surface area contributed by atoms with E-state index in [4.69, 9.17) is 20.6 Å². The van der Waals surface area contributed by atoms with Gasteiger partial charge in [-0.05, 0) is 44.0 Å². The number of nitrogens with two attached hydrogens (primary N) is 1. The number of phosphoric ester groups is 1. The standard InChI is InChI=1S/C17H20N4O6.C12H17N4O4PS.Na.H/c1-7-3-9-10(4-8(7)2)21(5-11(23)14(25)12(24)6-22)15-13(18-9)16(26)20-17(27)19-15;1-8-11(3-4-20-21(17,18)19)22-7-16(8)6-10-5-14-9(2)15-12(10)13;;/h3-4,11-12,14,22-25H,5-6H2,1-2H3,(H,20,26,27);5,7H,3-4,6H2,1-2H3,(H3-,13,14,15,17,18,19);;/p+1/t11-,12+,14-;;;/m0.../s1. The molecule has 3 atom stereocenters. The number of phosphoric acid groups is 1. The van der Waals surface area contributed by atoms with Crippen molar-refractivity contribution < 1.29 is 43.9 Å². The summed E-state index contributed by atoms with van der Waals surface area (Å²) >= 11 is 1.50. The number of hydrogen-bond acceptors (Lipinski definition) is 14. The van der Waals surface area contributed by atoms with Crippen LogP contribution in [-0.2, 0) is 28.6 Å².